The lowest BCUT2D eigenvalue weighted by Crippen LogP contribution is -2.30. The largest absolute Gasteiger partial charge is 0.462 e. The first-order valence-corrected chi connectivity index (χ1v) is 26.8. The Labute approximate surface area is 417 Å². The zero-order chi connectivity index (χ0) is 49.3. The first kappa shape index (κ1) is 63.3. The number of hydrogen-bond donors (Lipinski definition) is 0. The first-order valence-electron chi connectivity index (χ1n) is 26.8. The monoisotopic (exact) mass is 937 g/mol. The van der Waals surface area contributed by atoms with Crippen molar-refractivity contribution in [2.75, 3.05) is 13.2 Å². The highest BCUT2D eigenvalue weighted by atomic mass is 16.6. The molecule has 0 aliphatic heterocycles. The number of esters is 3. The molecule has 0 saturated heterocycles. The summed E-state index contributed by atoms with van der Waals surface area (Å²) in [5.74, 6) is -1.10. The molecule has 0 aromatic rings. The molecular formula is C62H96O6. The molecule has 1 unspecified atom stereocenters. The van der Waals surface area contributed by atoms with Crippen molar-refractivity contribution in [1.82, 2.24) is 0 Å². The fourth-order valence-electron chi connectivity index (χ4n) is 6.61. The molecule has 0 aliphatic carbocycles. The minimum Gasteiger partial charge on any atom is -0.462 e. The third-order valence-electron chi connectivity index (χ3n) is 10.6. The van der Waals surface area contributed by atoms with E-state index in [2.05, 4.69) is 154 Å². The van der Waals surface area contributed by atoms with Gasteiger partial charge in [0.2, 0.25) is 0 Å². The highest BCUT2D eigenvalue weighted by molar-refractivity contribution is 5.71. The van der Waals surface area contributed by atoms with E-state index in [0.29, 0.717) is 19.3 Å². The summed E-state index contributed by atoms with van der Waals surface area (Å²) in [7, 11) is 0. The van der Waals surface area contributed by atoms with Gasteiger partial charge in [0.25, 0.3) is 0 Å². The Hall–Kier alpha value is -4.71. The van der Waals surface area contributed by atoms with Crippen LogP contribution in [0.5, 0.6) is 0 Å². The maximum absolute atomic E-state index is 12.8. The van der Waals surface area contributed by atoms with E-state index >= 15 is 0 Å². The smallest absolute Gasteiger partial charge is 0.306 e. The van der Waals surface area contributed by atoms with Crippen LogP contribution in [0.2, 0.25) is 0 Å². The average molecular weight is 937 g/mol. The fourth-order valence-corrected chi connectivity index (χ4v) is 6.61. The van der Waals surface area contributed by atoms with E-state index in [0.717, 1.165) is 103 Å². The summed E-state index contributed by atoms with van der Waals surface area (Å²) in [6.07, 6.45) is 78.5. The van der Waals surface area contributed by atoms with Crippen molar-refractivity contribution in [3.8, 4) is 0 Å². The lowest BCUT2D eigenvalue weighted by molar-refractivity contribution is -0.166. The van der Waals surface area contributed by atoms with Crippen LogP contribution in [0.1, 0.15) is 207 Å². The molecule has 0 aliphatic rings. The topological polar surface area (TPSA) is 78.9 Å². The van der Waals surface area contributed by atoms with Crippen molar-refractivity contribution in [2.24, 2.45) is 0 Å². The number of carbonyl (C=O) groups is 3. The summed E-state index contributed by atoms with van der Waals surface area (Å²) in [6, 6.07) is 0. The normalized spacial score (nSPS) is 13.3. The standard InChI is InChI=1S/C62H96O6/c1-4-7-10-13-16-19-22-25-28-30-31-33-34-37-40-43-46-49-52-55-61(64)67-58-59(57-66-60(63)54-51-48-45-42-39-36-27-24-21-18-15-12-9-6-3)68-62(65)56-53-50-47-44-41-38-35-32-29-26-23-20-17-14-11-8-5-2/h7,9-10,12,16-21,25-26,28-29,31,33,35,37-38,40,44,46-47,49,59H,4-6,8,11,13-15,22-24,27,30,32,34,36,39,41-43,45,48,50-58H2,1-3H3/b10-7-,12-9-,19-16-,20-17-,21-18-,28-25-,29-26-,33-31-,38-35-,40-37-,47-44-,49-46-. The van der Waals surface area contributed by atoms with E-state index < -0.39 is 12.1 Å². The minimum absolute atomic E-state index is 0.133. The molecule has 6 heteroatoms. The number of rotatable bonds is 46. The maximum atomic E-state index is 12.8. The Morgan fingerprint density at radius 1 is 0.309 bits per heavy atom. The van der Waals surface area contributed by atoms with Crippen LogP contribution in [0.3, 0.4) is 0 Å². The van der Waals surface area contributed by atoms with Crippen LogP contribution in [0, 0.1) is 0 Å². The van der Waals surface area contributed by atoms with Gasteiger partial charge in [-0.05, 0) is 122 Å². The fraction of sp³-hybridized carbons (Fsp3) is 0.565. The van der Waals surface area contributed by atoms with Gasteiger partial charge in [0.05, 0.1) is 0 Å². The molecule has 0 N–H and O–H groups in total. The van der Waals surface area contributed by atoms with Gasteiger partial charge >= 0.3 is 17.9 Å². The average Bonchev–Trinajstić information content (AvgIpc) is 3.34. The second-order valence-electron chi connectivity index (χ2n) is 17.0. The van der Waals surface area contributed by atoms with E-state index in [1.807, 2.05) is 12.2 Å². The summed E-state index contributed by atoms with van der Waals surface area (Å²) < 4.78 is 16.7. The van der Waals surface area contributed by atoms with E-state index in [1.54, 1.807) is 0 Å². The lowest BCUT2D eigenvalue weighted by Gasteiger charge is -2.18. The highest BCUT2D eigenvalue weighted by Gasteiger charge is 2.19. The van der Waals surface area contributed by atoms with Crippen LogP contribution in [0.25, 0.3) is 0 Å². The Morgan fingerprint density at radius 2 is 0.618 bits per heavy atom. The van der Waals surface area contributed by atoms with Crippen molar-refractivity contribution in [3.05, 3.63) is 146 Å². The van der Waals surface area contributed by atoms with Crippen LogP contribution in [0.15, 0.2) is 146 Å². The Kier molecular flexibility index (Phi) is 51.1. The minimum atomic E-state index is -0.847. The van der Waals surface area contributed by atoms with Gasteiger partial charge in [0.1, 0.15) is 13.2 Å². The summed E-state index contributed by atoms with van der Waals surface area (Å²) in [4.78, 5) is 38.0. The molecule has 0 fully saturated rings. The number of unbranched alkanes of at least 4 members (excludes halogenated alkanes) is 11. The molecule has 380 valence electrons. The van der Waals surface area contributed by atoms with Crippen LogP contribution in [-0.4, -0.2) is 37.2 Å². The third kappa shape index (κ3) is 52.3. The Bertz CT molecular complexity index is 1540. The van der Waals surface area contributed by atoms with Crippen LogP contribution in [-0.2, 0) is 28.6 Å². The zero-order valence-electron chi connectivity index (χ0n) is 43.3. The van der Waals surface area contributed by atoms with Gasteiger partial charge in [-0.1, -0.05) is 212 Å². The van der Waals surface area contributed by atoms with Crippen molar-refractivity contribution in [1.29, 1.82) is 0 Å². The van der Waals surface area contributed by atoms with Crippen molar-refractivity contribution in [2.45, 2.75) is 213 Å². The quantitative estimate of drug-likeness (QED) is 0.0262. The molecule has 1 atom stereocenters. The molecule has 0 saturated carbocycles. The summed E-state index contributed by atoms with van der Waals surface area (Å²) in [5.41, 5.74) is 0. The van der Waals surface area contributed by atoms with Crippen molar-refractivity contribution < 1.29 is 28.6 Å². The van der Waals surface area contributed by atoms with Gasteiger partial charge in [-0.15, -0.1) is 0 Å². The molecule has 0 spiro atoms. The molecular weight excluding hydrogens is 841 g/mol. The summed E-state index contributed by atoms with van der Waals surface area (Å²) >= 11 is 0. The van der Waals surface area contributed by atoms with Gasteiger partial charge in [-0.3, -0.25) is 14.4 Å². The van der Waals surface area contributed by atoms with E-state index in [1.165, 1.54) is 51.4 Å². The molecule has 0 bridgehead atoms. The zero-order valence-corrected chi connectivity index (χ0v) is 43.3. The SMILES string of the molecule is CC/C=C\C/C=C\C/C=C\C/C=C\C/C=C\C/C=C\CCC(=O)OCC(COC(=O)CCCCCCCCC/C=C\C/C=C\CC)OC(=O)CCC/C=C\C/C=C\C/C=C\C/C=C\CCCCC. The Morgan fingerprint density at radius 3 is 1.03 bits per heavy atom. The van der Waals surface area contributed by atoms with Gasteiger partial charge in [-0.25, -0.2) is 0 Å². The highest BCUT2D eigenvalue weighted by Crippen LogP contribution is 2.12. The molecule has 6 nitrogen and oxygen atoms in total. The molecule has 0 heterocycles. The second kappa shape index (κ2) is 54.9. The predicted molar refractivity (Wildman–Crippen MR) is 292 cm³/mol. The van der Waals surface area contributed by atoms with Crippen molar-refractivity contribution >= 4 is 17.9 Å². The van der Waals surface area contributed by atoms with Crippen LogP contribution < -0.4 is 0 Å². The molecule has 68 heavy (non-hydrogen) atoms. The van der Waals surface area contributed by atoms with Crippen LogP contribution >= 0.6 is 0 Å². The molecule has 0 aromatic heterocycles. The number of hydrogen-bond acceptors (Lipinski definition) is 6. The Balaban J connectivity index is 4.63. The lowest BCUT2D eigenvalue weighted by atomic mass is 10.1. The number of allylic oxidation sites excluding steroid dienone is 24. The maximum Gasteiger partial charge on any atom is 0.306 e. The molecule has 0 aromatic carbocycles. The van der Waals surface area contributed by atoms with Gasteiger partial charge in [-0.2, -0.15) is 0 Å². The number of ether oxygens (including phenoxy) is 3. The van der Waals surface area contributed by atoms with E-state index in [-0.39, 0.29) is 38.0 Å². The second-order valence-corrected chi connectivity index (χ2v) is 17.0. The van der Waals surface area contributed by atoms with Gasteiger partial charge < -0.3 is 14.2 Å². The van der Waals surface area contributed by atoms with Gasteiger partial charge in [0.15, 0.2) is 6.10 Å². The third-order valence-corrected chi connectivity index (χ3v) is 10.6. The summed E-state index contributed by atoms with van der Waals surface area (Å²) in [6.45, 7) is 6.25. The molecule has 0 amide bonds. The van der Waals surface area contributed by atoms with Gasteiger partial charge in [0, 0.05) is 19.3 Å². The number of carbonyl (C=O) groups excluding carboxylic acids is 3. The van der Waals surface area contributed by atoms with E-state index in [9.17, 15) is 14.4 Å². The molecule has 0 rings (SSSR count). The molecule has 0 radical (unpaired) electrons. The summed E-state index contributed by atoms with van der Waals surface area (Å²) in [5, 5.41) is 0. The van der Waals surface area contributed by atoms with Crippen molar-refractivity contribution in [3.63, 3.8) is 0 Å². The predicted octanol–water partition coefficient (Wildman–Crippen LogP) is 18.0. The first-order chi connectivity index (χ1) is 33.5. The van der Waals surface area contributed by atoms with Crippen LogP contribution in [0.4, 0.5) is 0 Å². The van der Waals surface area contributed by atoms with E-state index in [4.69, 9.17) is 14.2 Å².